The molecule has 0 saturated carbocycles. The zero-order valence-electron chi connectivity index (χ0n) is 14.6. The van der Waals surface area contributed by atoms with Gasteiger partial charge in [-0.1, -0.05) is 42.5 Å². The second kappa shape index (κ2) is 9.33. The van der Waals surface area contributed by atoms with Gasteiger partial charge in [-0.2, -0.15) is 0 Å². The van der Waals surface area contributed by atoms with Crippen molar-refractivity contribution < 1.29 is 19.5 Å². The highest BCUT2D eigenvalue weighted by molar-refractivity contribution is 5.86. The van der Waals surface area contributed by atoms with Gasteiger partial charge in [0.2, 0.25) is 0 Å². The Balaban J connectivity index is 1.62. The first kappa shape index (κ1) is 18.4. The fraction of sp³-hybridized carbons (Fsp3) is 0.350. The van der Waals surface area contributed by atoms with E-state index in [1.165, 1.54) is 0 Å². The maximum absolute atomic E-state index is 12.1. The standard InChI is InChI=1S/C20H24N2O4/c23-20(21-24)19(16-4-2-1-3-5-16)17-6-8-18(9-7-17)26-15-12-22-10-13-25-14-11-22/h1-9,19,24H,10-15H2,(H,21,23). The second-order valence-corrected chi connectivity index (χ2v) is 6.19. The molecule has 0 spiro atoms. The smallest absolute Gasteiger partial charge is 0.255 e. The van der Waals surface area contributed by atoms with E-state index in [1.54, 1.807) is 5.48 Å². The first-order valence-electron chi connectivity index (χ1n) is 8.79. The topological polar surface area (TPSA) is 71.0 Å². The van der Waals surface area contributed by atoms with E-state index >= 15 is 0 Å². The molecule has 0 aromatic heterocycles. The van der Waals surface area contributed by atoms with E-state index in [9.17, 15) is 4.79 Å². The van der Waals surface area contributed by atoms with Gasteiger partial charge in [0.25, 0.3) is 5.91 Å². The highest BCUT2D eigenvalue weighted by Gasteiger charge is 2.22. The predicted molar refractivity (Wildman–Crippen MR) is 97.4 cm³/mol. The number of hydroxylamine groups is 1. The molecule has 2 aromatic carbocycles. The second-order valence-electron chi connectivity index (χ2n) is 6.19. The van der Waals surface area contributed by atoms with Crippen LogP contribution in [-0.2, 0) is 9.53 Å². The maximum Gasteiger partial charge on any atom is 0.255 e. The molecule has 1 aliphatic rings. The van der Waals surface area contributed by atoms with Crippen molar-refractivity contribution in [3.05, 3.63) is 65.7 Å². The molecule has 1 atom stereocenters. The van der Waals surface area contributed by atoms with Crippen LogP contribution in [0.5, 0.6) is 5.75 Å². The molecule has 0 bridgehead atoms. The monoisotopic (exact) mass is 356 g/mol. The van der Waals surface area contributed by atoms with Gasteiger partial charge in [-0.15, -0.1) is 0 Å². The van der Waals surface area contributed by atoms with E-state index in [0.717, 1.165) is 49.7 Å². The Bertz CT molecular complexity index is 685. The maximum atomic E-state index is 12.1. The van der Waals surface area contributed by atoms with Gasteiger partial charge in [-0.25, -0.2) is 5.48 Å². The van der Waals surface area contributed by atoms with Gasteiger partial charge in [0.05, 0.1) is 19.1 Å². The van der Waals surface area contributed by atoms with Gasteiger partial charge in [0.15, 0.2) is 0 Å². The predicted octanol–water partition coefficient (Wildman–Crippen LogP) is 2.03. The Morgan fingerprint density at radius 2 is 1.73 bits per heavy atom. The number of ether oxygens (including phenoxy) is 2. The van der Waals surface area contributed by atoms with E-state index in [4.69, 9.17) is 14.7 Å². The molecule has 1 amide bonds. The van der Waals surface area contributed by atoms with Gasteiger partial charge in [-0.3, -0.25) is 14.9 Å². The summed E-state index contributed by atoms with van der Waals surface area (Å²) in [5.41, 5.74) is 3.38. The van der Waals surface area contributed by atoms with Crippen LogP contribution >= 0.6 is 0 Å². The van der Waals surface area contributed by atoms with Crippen molar-refractivity contribution in [1.29, 1.82) is 0 Å². The summed E-state index contributed by atoms with van der Waals surface area (Å²) in [6.07, 6.45) is 0. The van der Waals surface area contributed by atoms with Crippen LogP contribution in [0, 0.1) is 0 Å². The SMILES string of the molecule is O=C(NO)C(c1ccccc1)c1ccc(OCCN2CCOCC2)cc1. The van der Waals surface area contributed by atoms with Crippen molar-refractivity contribution in [2.75, 3.05) is 39.5 Å². The molecule has 26 heavy (non-hydrogen) atoms. The molecule has 2 aromatic rings. The molecular weight excluding hydrogens is 332 g/mol. The Hall–Kier alpha value is -2.41. The number of rotatable bonds is 7. The average Bonchev–Trinajstić information content (AvgIpc) is 2.71. The molecule has 2 N–H and O–H groups in total. The van der Waals surface area contributed by atoms with Crippen LogP contribution in [0.15, 0.2) is 54.6 Å². The lowest BCUT2D eigenvalue weighted by atomic mass is 9.91. The minimum atomic E-state index is -0.566. The molecule has 1 unspecified atom stereocenters. The van der Waals surface area contributed by atoms with E-state index in [1.807, 2.05) is 54.6 Å². The zero-order valence-corrected chi connectivity index (χ0v) is 14.6. The Kier molecular flexibility index (Phi) is 6.60. The summed E-state index contributed by atoms with van der Waals surface area (Å²) in [5.74, 6) is -0.265. The third kappa shape index (κ3) is 4.82. The van der Waals surface area contributed by atoms with Crippen molar-refractivity contribution in [1.82, 2.24) is 10.4 Å². The number of hydrogen-bond acceptors (Lipinski definition) is 5. The number of benzene rings is 2. The van der Waals surface area contributed by atoms with Crippen LogP contribution in [0.4, 0.5) is 0 Å². The summed E-state index contributed by atoms with van der Waals surface area (Å²) < 4.78 is 11.1. The third-order valence-corrected chi connectivity index (χ3v) is 4.50. The van der Waals surface area contributed by atoms with E-state index < -0.39 is 11.8 Å². The highest BCUT2D eigenvalue weighted by atomic mass is 16.5. The third-order valence-electron chi connectivity index (χ3n) is 4.50. The number of carbonyl (C=O) groups excluding carboxylic acids is 1. The van der Waals surface area contributed by atoms with Crippen LogP contribution in [0.1, 0.15) is 17.0 Å². The fourth-order valence-electron chi connectivity index (χ4n) is 3.08. The Morgan fingerprint density at radius 1 is 1.08 bits per heavy atom. The molecule has 3 rings (SSSR count). The number of nitrogens with one attached hydrogen (secondary N) is 1. The summed E-state index contributed by atoms with van der Waals surface area (Å²) in [5, 5.41) is 9.08. The Labute approximate surface area is 153 Å². The molecule has 0 aliphatic carbocycles. The molecule has 1 saturated heterocycles. The van der Waals surface area contributed by atoms with Crippen molar-refractivity contribution in [2.45, 2.75) is 5.92 Å². The number of carbonyl (C=O) groups is 1. The minimum absolute atomic E-state index is 0.461. The fourth-order valence-corrected chi connectivity index (χ4v) is 3.08. The highest BCUT2D eigenvalue weighted by Crippen LogP contribution is 2.26. The first-order valence-corrected chi connectivity index (χ1v) is 8.79. The van der Waals surface area contributed by atoms with Crippen LogP contribution < -0.4 is 10.2 Å². The van der Waals surface area contributed by atoms with E-state index in [-0.39, 0.29) is 0 Å². The molecule has 1 aliphatic heterocycles. The largest absolute Gasteiger partial charge is 0.492 e. The van der Waals surface area contributed by atoms with Gasteiger partial charge in [-0.05, 0) is 23.3 Å². The number of nitrogens with zero attached hydrogens (tertiary/aromatic N) is 1. The van der Waals surface area contributed by atoms with E-state index in [2.05, 4.69) is 4.90 Å². The van der Waals surface area contributed by atoms with Gasteiger partial charge < -0.3 is 9.47 Å². The molecule has 0 radical (unpaired) electrons. The number of hydrogen-bond donors (Lipinski definition) is 2. The summed E-state index contributed by atoms with van der Waals surface area (Å²) in [6.45, 7) is 4.92. The van der Waals surface area contributed by atoms with Gasteiger partial charge >= 0.3 is 0 Å². The average molecular weight is 356 g/mol. The molecule has 1 heterocycles. The lowest BCUT2D eigenvalue weighted by Crippen LogP contribution is -2.38. The minimum Gasteiger partial charge on any atom is -0.492 e. The summed E-state index contributed by atoms with van der Waals surface area (Å²) in [7, 11) is 0. The Morgan fingerprint density at radius 3 is 2.38 bits per heavy atom. The molecular formula is C20H24N2O4. The van der Waals surface area contributed by atoms with E-state index in [0.29, 0.717) is 6.61 Å². The number of amides is 1. The van der Waals surface area contributed by atoms with Crippen LogP contribution in [0.3, 0.4) is 0 Å². The first-order chi connectivity index (χ1) is 12.8. The van der Waals surface area contributed by atoms with Crippen LogP contribution in [0.25, 0.3) is 0 Å². The van der Waals surface area contributed by atoms with Crippen molar-refractivity contribution in [2.24, 2.45) is 0 Å². The molecule has 6 nitrogen and oxygen atoms in total. The summed E-state index contributed by atoms with van der Waals surface area (Å²) in [4.78, 5) is 14.5. The number of morpholine rings is 1. The quantitative estimate of drug-likeness (QED) is 0.587. The molecule has 138 valence electrons. The van der Waals surface area contributed by atoms with Crippen molar-refractivity contribution in [3.8, 4) is 5.75 Å². The lowest BCUT2D eigenvalue weighted by Gasteiger charge is -2.26. The molecule has 6 heteroatoms. The van der Waals surface area contributed by atoms with Crippen LogP contribution in [-0.4, -0.2) is 55.5 Å². The zero-order chi connectivity index (χ0) is 18.2. The lowest BCUT2D eigenvalue weighted by molar-refractivity contribution is -0.129. The summed E-state index contributed by atoms with van der Waals surface area (Å²) >= 11 is 0. The van der Waals surface area contributed by atoms with Crippen molar-refractivity contribution in [3.63, 3.8) is 0 Å². The van der Waals surface area contributed by atoms with Gasteiger partial charge in [0, 0.05) is 19.6 Å². The van der Waals surface area contributed by atoms with Crippen molar-refractivity contribution >= 4 is 5.91 Å². The van der Waals surface area contributed by atoms with Crippen LogP contribution in [0.2, 0.25) is 0 Å². The summed E-state index contributed by atoms with van der Waals surface area (Å²) in [6, 6.07) is 16.8. The molecule has 1 fully saturated rings. The van der Waals surface area contributed by atoms with Gasteiger partial charge in [0.1, 0.15) is 12.4 Å². The normalized spacial score (nSPS) is 16.0.